The van der Waals surface area contributed by atoms with Crippen molar-refractivity contribution in [3.63, 3.8) is 0 Å². The van der Waals surface area contributed by atoms with Gasteiger partial charge in [0, 0.05) is 19.4 Å². The molecule has 8 atom stereocenters. The summed E-state index contributed by atoms with van der Waals surface area (Å²) in [7, 11) is -5.67. The lowest BCUT2D eigenvalue weighted by Crippen LogP contribution is -2.49. The number of hydrogen-bond acceptors (Lipinski definition) is 11. The Bertz CT molecular complexity index is 1220. The summed E-state index contributed by atoms with van der Waals surface area (Å²) in [5.74, 6) is -1.75. The molecule has 0 aromatic carbocycles. The zero-order valence-corrected chi connectivity index (χ0v) is 25.5. The van der Waals surface area contributed by atoms with E-state index >= 15 is 0 Å². The molecular weight excluding hydrogens is 610 g/mol. The number of hydrogen-bond donors (Lipinski definition) is 1. The lowest BCUT2D eigenvalue weighted by molar-refractivity contribution is -0.204. The first-order valence-corrected chi connectivity index (χ1v) is 17.0. The van der Waals surface area contributed by atoms with Gasteiger partial charge in [-0.2, -0.15) is 17.2 Å². The zero-order valence-electron chi connectivity index (χ0n) is 24.7. The molecule has 44 heavy (non-hydrogen) atoms. The lowest BCUT2D eigenvalue weighted by atomic mass is 9.50. The van der Waals surface area contributed by atoms with Crippen molar-refractivity contribution in [1.29, 1.82) is 0 Å². The molecule has 8 unspecified atom stereocenters. The van der Waals surface area contributed by atoms with E-state index in [0.29, 0.717) is 13.0 Å². The van der Waals surface area contributed by atoms with Crippen LogP contribution in [0.4, 0.5) is 8.78 Å². The third-order valence-electron chi connectivity index (χ3n) is 10.5. The van der Waals surface area contributed by atoms with Crippen LogP contribution in [0.3, 0.4) is 0 Å². The second-order valence-corrected chi connectivity index (χ2v) is 15.1. The summed E-state index contributed by atoms with van der Waals surface area (Å²) in [6.07, 6.45) is 0.743. The van der Waals surface area contributed by atoms with E-state index in [0.717, 1.165) is 43.9 Å². The topological polar surface area (TPSA) is 161 Å². The summed E-state index contributed by atoms with van der Waals surface area (Å²) < 4.78 is 91.2. The molecule has 248 valence electrons. The van der Waals surface area contributed by atoms with Gasteiger partial charge in [-0.05, 0) is 75.0 Å². The van der Waals surface area contributed by atoms with Crippen LogP contribution in [0.25, 0.3) is 0 Å². The Balaban J connectivity index is 1.01. The van der Waals surface area contributed by atoms with Gasteiger partial charge in [0.05, 0.1) is 6.61 Å². The van der Waals surface area contributed by atoms with Crippen molar-refractivity contribution in [2.24, 2.45) is 35.0 Å². The smallest absolute Gasteiger partial charge is 0.394 e. The normalized spacial score (nSPS) is 39.8. The summed E-state index contributed by atoms with van der Waals surface area (Å²) in [5.41, 5.74) is 0.131. The van der Waals surface area contributed by atoms with Crippen LogP contribution in [0.2, 0.25) is 0 Å². The molecule has 0 radical (unpaired) electrons. The van der Waals surface area contributed by atoms with Crippen molar-refractivity contribution in [2.75, 3.05) is 13.2 Å². The molecule has 7 aliphatic rings. The van der Waals surface area contributed by atoms with Gasteiger partial charge in [-0.15, -0.1) is 0 Å². The average molecular weight is 651 g/mol. The van der Waals surface area contributed by atoms with Gasteiger partial charge in [0.25, 0.3) is 0 Å². The second kappa shape index (κ2) is 11.7. The maximum absolute atomic E-state index is 13.6. The number of ether oxygens (including phenoxy) is 6. The van der Waals surface area contributed by atoms with Gasteiger partial charge in [0.2, 0.25) is 6.29 Å². The van der Waals surface area contributed by atoms with Gasteiger partial charge in [-0.3, -0.25) is 18.9 Å². The highest BCUT2D eigenvalue weighted by atomic mass is 32.2. The highest BCUT2D eigenvalue weighted by Gasteiger charge is 2.72. The Kier molecular flexibility index (Phi) is 8.51. The van der Waals surface area contributed by atoms with E-state index in [1.165, 1.54) is 19.3 Å². The molecule has 3 heterocycles. The monoisotopic (exact) mass is 650 g/mol. The minimum absolute atomic E-state index is 0.107. The Labute approximate surface area is 254 Å². The Hall–Kier alpha value is -1.94. The highest BCUT2D eigenvalue weighted by molar-refractivity contribution is 7.86. The van der Waals surface area contributed by atoms with Crippen molar-refractivity contribution >= 4 is 28.0 Å². The van der Waals surface area contributed by atoms with Crippen molar-refractivity contribution in [1.82, 2.24) is 0 Å². The summed E-state index contributed by atoms with van der Waals surface area (Å²) in [6.45, 7) is 2.73. The van der Waals surface area contributed by atoms with Crippen LogP contribution in [0, 0.1) is 35.0 Å². The number of fused-ring (bicyclic) bond motifs is 1. The van der Waals surface area contributed by atoms with Crippen molar-refractivity contribution in [2.45, 2.75) is 114 Å². The summed E-state index contributed by atoms with van der Waals surface area (Å²) >= 11 is 0. The summed E-state index contributed by atoms with van der Waals surface area (Å²) in [6, 6.07) is 0. The first kappa shape index (κ1) is 32.0. The van der Waals surface area contributed by atoms with Gasteiger partial charge >= 0.3 is 33.3 Å². The average Bonchev–Trinajstić information content (AvgIpc) is 3.56. The van der Waals surface area contributed by atoms with Crippen LogP contribution in [0.15, 0.2) is 0 Å². The molecule has 0 aromatic heterocycles. The first-order chi connectivity index (χ1) is 20.7. The molecule has 15 heteroatoms. The van der Waals surface area contributed by atoms with Crippen molar-refractivity contribution in [3.8, 4) is 0 Å². The molecule has 3 aliphatic heterocycles. The number of esters is 3. The minimum Gasteiger partial charge on any atom is -0.455 e. The van der Waals surface area contributed by atoms with Crippen LogP contribution in [0.1, 0.15) is 71.6 Å². The third kappa shape index (κ3) is 5.75. The molecule has 4 aliphatic carbocycles. The molecule has 12 nitrogen and oxygen atoms in total. The quantitative estimate of drug-likeness (QED) is 0.0964. The Morgan fingerprint density at radius 1 is 1.07 bits per heavy atom. The van der Waals surface area contributed by atoms with Crippen LogP contribution < -0.4 is 0 Å². The molecule has 6 bridgehead atoms. The van der Waals surface area contributed by atoms with Crippen molar-refractivity contribution < 1.29 is 64.6 Å². The van der Waals surface area contributed by atoms with Crippen LogP contribution in [-0.2, 0) is 52.9 Å². The largest absolute Gasteiger partial charge is 0.455 e. The van der Waals surface area contributed by atoms with E-state index in [2.05, 4.69) is 0 Å². The third-order valence-corrected chi connectivity index (χ3v) is 11.5. The first-order valence-electron chi connectivity index (χ1n) is 15.6. The van der Waals surface area contributed by atoms with E-state index in [-0.39, 0.29) is 18.3 Å². The highest BCUT2D eigenvalue weighted by Crippen LogP contribution is 2.60. The maximum atomic E-state index is 13.6. The number of rotatable bonds is 14. The number of alkyl halides is 2. The zero-order chi connectivity index (χ0) is 31.6. The molecule has 3 saturated heterocycles. The van der Waals surface area contributed by atoms with Gasteiger partial charge < -0.3 is 28.4 Å². The van der Waals surface area contributed by atoms with E-state index in [4.69, 9.17) is 33.0 Å². The second-order valence-electron chi connectivity index (χ2n) is 13.6. The summed E-state index contributed by atoms with van der Waals surface area (Å²) in [5, 5.41) is -4.52. The predicted octanol–water partition coefficient (Wildman–Crippen LogP) is 3.02. The number of carbonyl (C=O) groups excluding carboxylic acids is 3. The fourth-order valence-corrected chi connectivity index (χ4v) is 9.40. The van der Waals surface area contributed by atoms with Crippen LogP contribution in [-0.4, -0.2) is 86.2 Å². The Morgan fingerprint density at radius 2 is 1.70 bits per heavy atom. The maximum Gasteiger partial charge on any atom is 0.394 e. The van der Waals surface area contributed by atoms with Gasteiger partial charge in [-0.25, -0.2) is 0 Å². The standard InChI is InChI=1S/C29H40F2O12S/c1-3-19(39-13-28-10-15-7-16(11-28)9-17(8-15)12-28)41-26(33)20-21-23-25(43-27(21)34)24(22(20)42-23)40-18(32)5-4-6-38-14(2)29(30,31)44(35,36)37/h14-17,19-25H,3-13H2,1-2H3,(H,35,36,37). The van der Waals surface area contributed by atoms with E-state index in [1.807, 2.05) is 6.92 Å². The molecule has 7 fully saturated rings. The SMILES string of the molecule is CCC(OCC12CC3CC(CC(C3)C1)C2)OC(=O)C1C2OC3C(OC(=O)C31)C2OC(=O)CCCOC(C)C(F)(F)S(=O)(=O)O. The van der Waals surface area contributed by atoms with Crippen LogP contribution in [0.5, 0.6) is 0 Å². The van der Waals surface area contributed by atoms with E-state index in [1.54, 1.807) is 0 Å². The molecule has 1 N–H and O–H groups in total. The molecule has 0 spiro atoms. The van der Waals surface area contributed by atoms with Gasteiger partial charge in [-0.1, -0.05) is 6.92 Å². The fraction of sp³-hybridized carbons (Fsp3) is 0.897. The molecule has 7 rings (SSSR count). The molecule has 4 saturated carbocycles. The van der Waals surface area contributed by atoms with E-state index in [9.17, 15) is 31.6 Å². The van der Waals surface area contributed by atoms with Crippen LogP contribution >= 0.6 is 0 Å². The molecule has 0 aromatic rings. The van der Waals surface area contributed by atoms with E-state index < -0.39 is 88.5 Å². The van der Waals surface area contributed by atoms with Gasteiger partial charge in [0.1, 0.15) is 30.1 Å². The predicted molar refractivity (Wildman–Crippen MR) is 143 cm³/mol. The Morgan fingerprint density at radius 3 is 2.30 bits per heavy atom. The fourth-order valence-electron chi connectivity index (χ4n) is 8.91. The van der Waals surface area contributed by atoms with Crippen molar-refractivity contribution in [3.05, 3.63) is 0 Å². The van der Waals surface area contributed by atoms with Gasteiger partial charge in [0.15, 0.2) is 12.2 Å². The lowest BCUT2D eigenvalue weighted by Gasteiger charge is -2.56. The number of halogens is 2. The molecular formula is C29H40F2O12S. The minimum atomic E-state index is -5.67. The molecule has 0 amide bonds. The summed E-state index contributed by atoms with van der Waals surface area (Å²) in [4.78, 5) is 38.7. The number of carbonyl (C=O) groups is 3.